The molecular weight excluding hydrogens is 326 g/mol. The molecule has 0 bridgehead atoms. The van der Waals surface area contributed by atoms with Gasteiger partial charge < -0.3 is 4.42 Å². The van der Waals surface area contributed by atoms with E-state index in [0.717, 1.165) is 30.9 Å². The second kappa shape index (κ2) is 6.75. The van der Waals surface area contributed by atoms with Crippen LogP contribution in [0.1, 0.15) is 18.5 Å². The fraction of sp³-hybridized carbons (Fsp3) is 0.353. The van der Waals surface area contributed by atoms with Crippen molar-refractivity contribution in [3.05, 3.63) is 53.9 Å². The molecule has 3 heterocycles. The lowest BCUT2D eigenvalue weighted by atomic mass is 10.2. The minimum absolute atomic E-state index is 0.456. The largest absolute Gasteiger partial charge is 0.444 e. The van der Waals surface area contributed by atoms with Gasteiger partial charge in [0.25, 0.3) is 0 Å². The summed E-state index contributed by atoms with van der Waals surface area (Å²) in [6.45, 7) is 2.71. The van der Waals surface area contributed by atoms with E-state index in [0.29, 0.717) is 17.0 Å². The summed E-state index contributed by atoms with van der Waals surface area (Å²) in [5.41, 5.74) is 1.84. The van der Waals surface area contributed by atoms with Gasteiger partial charge in [0.2, 0.25) is 5.89 Å². The van der Waals surface area contributed by atoms with Crippen LogP contribution in [0.15, 0.2) is 47.6 Å². The fourth-order valence-corrected chi connectivity index (χ4v) is 3.39. The van der Waals surface area contributed by atoms with E-state index in [9.17, 15) is 0 Å². The molecule has 1 fully saturated rings. The molecule has 0 radical (unpaired) electrons. The smallest absolute Gasteiger partial charge is 0.226 e. The summed E-state index contributed by atoms with van der Waals surface area (Å²) in [5, 5.41) is 4.89. The Hall–Kier alpha value is -2.18. The SMILES string of the molecule is Clc1cccc(-c2nc(CN3CCCC3Cn3cncn3)co2)c1. The zero-order valence-corrected chi connectivity index (χ0v) is 13.9. The molecule has 24 heavy (non-hydrogen) atoms. The van der Waals surface area contributed by atoms with Crippen LogP contribution in [0.5, 0.6) is 0 Å². The standard InChI is InChI=1S/C17H18ClN5O/c18-14-4-1-3-13(7-14)17-21-15(10-24-17)8-22-6-2-5-16(22)9-23-12-19-11-20-23/h1,3-4,7,10-12,16H,2,5-6,8-9H2. The van der Waals surface area contributed by atoms with E-state index in [-0.39, 0.29) is 0 Å². The Morgan fingerprint density at radius 3 is 3.12 bits per heavy atom. The van der Waals surface area contributed by atoms with Gasteiger partial charge in [-0.3, -0.25) is 9.58 Å². The molecule has 0 N–H and O–H groups in total. The van der Waals surface area contributed by atoms with Crippen LogP contribution >= 0.6 is 11.6 Å². The highest BCUT2D eigenvalue weighted by atomic mass is 35.5. The fourth-order valence-electron chi connectivity index (χ4n) is 3.19. The third-order valence-corrected chi connectivity index (χ3v) is 4.59. The lowest BCUT2D eigenvalue weighted by Crippen LogP contribution is -2.32. The number of benzene rings is 1. The van der Waals surface area contributed by atoms with E-state index >= 15 is 0 Å². The van der Waals surface area contributed by atoms with Gasteiger partial charge in [-0.25, -0.2) is 9.97 Å². The summed E-state index contributed by atoms with van der Waals surface area (Å²) in [6, 6.07) is 8.01. The summed E-state index contributed by atoms with van der Waals surface area (Å²) in [4.78, 5) is 11.1. The van der Waals surface area contributed by atoms with Crippen LogP contribution < -0.4 is 0 Å². The van der Waals surface area contributed by atoms with Crippen molar-refractivity contribution in [3.8, 4) is 11.5 Å². The Balaban J connectivity index is 1.45. The van der Waals surface area contributed by atoms with E-state index in [2.05, 4.69) is 20.0 Å². The van der Waals surface area contributed by atoms with Crippen LogP contribution in [0.25, 0.3) is 11.5 Å². The predicted molar refractivity (Wildman–Crippen MR) is 90.4 cm³/mol. The third kappa shape index (κ3) is 3.34. The van der Waals surface area contributed by atoms with Crippen molar-refractivity contribution >= 4 is 11.6 Å². The summed E-state index contributed by atoms with van der Waals surface area (Å²) in [5.74, 6) is 0.611. The highest BCUT2D eigenvalue weighted by Gasteiger charge is 2.26. The normalized spacial score (nSPS) is 18.3. The van der Waals surface area contributed by atoms with Crippen molar-refractivity contribution in [2.75, 3.05) is 6.54 Å². The van der Waals surface area contributed by atoms with Gasteiger partial charge in [-0.05, 0) is 37.6 Å². The average molecular weight is 344 g/mol. The molecule has 4 rings (SSSR count). The topological polar surface area (TPSA) is 60.0 Å². The Labute approximate surface area is 145 Å². The Kier molecular flexibility index (Phi) is 4.32. The zero-order valence-electron chi connectivity index (χ0n) is 13.2. The molecule has 1 aliphatic heterocycles. The maximum Gasteiger partial charge on any atom is 0.226 e. The molecule has 1 unspecified atom stereocenters. The molecule has 124 valence electrons. The predicted octanol–water partition coefficient (Wildman–Crippen LogP) is 3.25. The summed E-state index contributed by atoms with van der Waals surface area (Å²) < 4.78 is 7.53. The second-order valence-electron chi connectivity index (χ2n) is 6.04. The molecule has 2 aromatic heterocycles. The summed E-state index contributed by atoms with van der Waals surface area (Å²) in [6.07, 6.45) is 7.44. The minimum Gasteiger partial charge on any atom is -0.444 e. The van der Waals surface area contributed by atoms with E-state index in [1.165, 1.54) is 12.8 Å². The monoisotopic (exact) mass is 343 g/mol. The highest BCUT2D eigenvalue weighted by Crippen LogP contribution is 2.25. The van der Waals surface area contributed by atoms with Crippen molar-refractivity contribution in [2.45, 2.75) is 32.0 Å². The number of hydrogen-bond donors (Lipinski definition) is 0. The van der Waals surface area contributed by atoms with Gasteiger partial charge in [0, 0.05) is 23.2 Å². The van der Waals surface area contributed by atoms with Crippen molar-refractivity contribution in [1.29, 1.82) is 0 Å². The molecular formula is C17H18ClN5O. The molecule has 1 atom stereocenters. The Morgan fingerprint density at radius 1 is 1.33 bits per heavy atom. The number of aromatic nitrogens is 4. The lowest BCUT2D eigenvalue weighted by Gasteiger charge is -2.23. The lowest BCUT2D eigenvalue weighted by molar-refractivity contribution is 0.216. The summed E-state index contributed by atoms with van der Waals surface area (Å²) in [7, 11) is 0. The Bertz CT molecular complexity index is 801. The molecule has 1 saturated heterocycles. The number of hydrogen-bond acceptors (Lipinski definition) is 5. The van der Waals surface area contributed by atoms with Gasteiger partial charge in [0.05, 0.1) is 12.2 Å². The van der Waals surface area contributed by atoms with Gasteiger partial charge in [-0.2, -0.15) is 5.10 Å². The van der Waals surface area contributed by atoms with Crippen LogP contribution in [0.2, 0.25) is 5.02 Å². The second-order valence-corrected chi connectivity index (χ2v) is 6.47. The maximum atomic E-state index is 6.03. The van der Waals surface area contributed by atoms with Gasteiger partial charge in [0.15, 0.2) is 0 Å². The molecule has 0 saturated carbocycles. The number of likely N-dealkylation sites (tertiary alicyclic amines) is 1. The first-order valence-corrected chi connectivity index (χ1v) is 8.42. The first-order valence-electron chi connectivity index (χ1n) is 8.05. The van der Waals surface area contributed by atoms with Gasteiger partial charge in [-0.1, -0.05) is 17.7 Å². The van der Waals surface area contributed by atoms with E-state index in [1.807, 2.05) is 28.9 Å². The van der Waals surface area contributed by atoms with Crippen molar-refractivity contribution in [1.82, 2.24) is 24.6 Å². The van der Waals surface area contributed by atoms with E-state index in [1.54, 1.807) is 18.9 Å². The third-order valence-electron chi connectivity index (χ3n) is 4.35. The van der Waals surface area contributed by atoms with Crippen LogP contribution in [0.3, 0.4) is 0 Å². The molecule has 3 aromatic rings. The van der Waals surface area contributed by atoms with Gasteiger partial charge in [0.1, 0.15) is 18.9 Å². The molecule has 1 aliphatic rings. The molecule has 1 aromatic carbocycles. The number of nitrogens with zero attached hydrogens (tertiary/aromatic N) is 5. The van der Waals surface area contributed by atoms with E-state index in [4.69, 9.17) is 16.0 Å². The van der Waals surface area contributed by atoms with Gasteiger partial charge in [-0.15, -0.1) is 0 Å². The average Bonchev–Trinajstić information content (AvgIpc) is 3.32. The zero-order chi connectivity index (χ0) is 16.4. The van der Waals surface area contributed by atoms with Gasteiger partial charge >= 0.3 is 0 Å². The molecule has 6 nitrogen and oxygen atoms in total. The van der Waals surface area contributed by atoms with Crippen molar-refractivity contribution in [3.63, 3.8) is 0 Å². The number of rotatable bonds is 5. The minimum atomic E-state index is 0.456. The highest BCUT2D eigenvalue weighted by molar-refractivity contribution is 6.30. The first kappa shape index (κ1) is 15.4. The van der Waals surface area contributed by atoms with Crippen molar-refractivity contribution < 1.29 is 4.42 Å². The quantitative estimate of drug-likeness (QED) is 0.711. The number of halogens is 1. The van der Waals surface area contributed by atoms with Crippen LogP contribution in [-0.2, 0) is 13.1 Å². The molecule has 0 aliphatic carbocycles. The molecule has 0 spiro atoms. The molecule has 7 heteroatoms. The maximum absolute atomic E-state index is 6.03. The van der Waals surface area contributed by atoms with Crippen LogP contribution in [-0.4, -0.2) is 37.2 Å². The summed E-state index contributed by atoms with van der Waals surface area (Å²) >= 11 is 6.03. The first-order chi connectivity index (χ1) is 11.8. The van der Waals surface area contributed by atoms with Crippen LogP contribution in [0, 0.1) is 0 Å². The number of oxazole rings is 1. The molecule has 0 amide bonds. The van der Waals surface area contributed by atoms with Crippen molar-refractivity contribution in [2.24, 2.45) is 0 Å². The van der Waals surface area contributed by atoms with E-state index < -0.39 is 0 Å². The Morgan fingerprint density at radius 2 is 2.29 bits per heavy atom. The van der Waals surface area contributed by atoms with Crippen LogP contribution in [0.4, 0.5) is 0 Å².